The molecule has 0 N–H and O–H groups in total. The quantitative estimate of drug-likeness (QED) is 0.518. The lowest BCUT2D eigenvalue weighted by Crippen LogP contribution is -2.29. The molecule has 28 heavy (non-hydrogen) atoms. The van der Waals surface area contributed by atoms with E-state index in [1.54, 1.807) is 24.3 Å². The number of carbonyl (C=O) groups excluding carboxylic acids is 2. The van der Waals surface area contributed by atoms with Crippen molar-refractivity contribution in [3.8, 4) is 5.75 Å². The van der Waals surface area contributed by atoms with Gasteiger partial charge in [-0.05, 0) is 42.7 Å². The molecule has 1 fully saturated rings. The first-order valence-corrected chi connectivity index (χ1v) is 10.1. The van der Waals surface area contributed by atoms with Gasteiger partial charge in [-0.2, -0.15) is 0 Å². The zero-order valence-electron chi connectivity index (χ0n) is 15.7. The van der Waals surface area contributed by atoms with Crippen LogP contribution in [-0.4, -0.2) is 42.7 Å². The minimum Gasteiger partial charge on any atom is -0.494 e. The Morgan fingerprint density at radius 3 is 2.61 bits per heavy atom. The Morgan fingerprint density at radius 1 is 1.14 bits per heavy atom. The number of benzene rings is 2. The Hall–Kier alpha value is -2.54. The summed E-state index contributed by atoms with van der Waals surface area (Å²) in [7, 11) is 1.39. The number of thioether (sulfide) groups is 1. The van der Waals surface area contributed by atoms with Crippen molar-refractivity contribution in [2.45, 2.75) is 24.3 Å². The van der Waals surface area contributed by atoms with Gasteiger partial charge in [0.1, 0.15) is 6.61 Å². The molecule has 5 nitrogen and oxygen atoms in total. The van der Waals surface area contributed by atoms with E-state index in [-0.39, 0.29) is 24.0 Å². The highest BCUT2D eigenvalue weighted by Gasteiger charge is 2.19. The Balaban J connectivity index is 1.60. The SMILES string of the molecule is COc1ccc(COC(=O)c2ccccc2SCC(=O)N2CCCC2)cc1F. The van der Waals surface area contributed by atoms with Gasteiger partial charge in [-0.15, -0.1) is 11.8 Å². The fourth-order valence-electron chi connectivity index (χ4n) is 2.98. The highest BCUT2D eigenvalue weighted by atomic mass is 32.2. The fraction of sp³-hybridized carbons (Fsp3) is 0.333. The van der Waals surface area contributed by atoms with Gasteiger partial charge in [0.05, 0.1) is 18.4 Å². The van der Waals surface area contributed by atoms with Crippen molar-refractivity contribution in [2.75, 3.05) is 26.0 Å². The minimum absolute atomic E-state index is 0.0501. The zero-order chi connectivity index (χ0) is 19.9. The molecule has 1 amide bonds. The van der Waals surface area contributed by atoms with E-state index in [1.165, 1.54) is 31.0 Å². The van der Waals surface area contributed by atoms with E-state index in [0.29, 0.717) is 16.0 Å². The molecule has 3 rings (SSSR count). The number of carbonyl (C=O) groups is 2. The largest absolute Gasteiger partial charge is 0.494 e. The first-order chi connectivity index (χ1) is 13.6. The number of hydrogen-bond acceptors (Lipinski definition) is 5. The topological polar surface area (TPSA) is 55.8 Å². The number of methoxy groups -OCH3 is 1. The number of ether oxygens (including phenoxy) is 2. The number of rotatable bonds is 7. The third-order valence-electron chi connectivity index (χ3n) is 4.50. The van der Waals surface area contributed by atoms with Gasteiger partial charge in [-0.25, -0.2) is 9.18 Å². The van der Waals surface area contributed by atoms with Crippen LogP contribution in [0.15, 0.2) is 47.4 Å². The summed E-state index contributed by atoms with van der Waals surface area (Å²) in [5.74, 6) is -0.507. The molecule has 1 saturated heterocycles. The lowest BCUT2D eigenvalue weighted by atomic mass is 10.2. The number of amides is 1. The normalized spacial score (nSPS) is 13.4. The minimum atomic E-state index is -0.507. The summed E-state index contributed by atoms with van der Waals surface area (Å²) in [6.07, 6.45) is 2.09. The van der Waals surface area contributed by atoms with Crippen LogP contribution in [0.25, 0.3) is 0 Å². The number of likely N-dealkylation sites (tertiary alicyclic amines) is 1. The number of esters is 1. The number of nitrogens with zero attached hydrogens (tertiary/aromatic N) is 1. The van der Waals surface area contributed by atoms with Crippen LogP contribution in [-0.2, 0) is 16.1 Å². The molecule has 7 heteroatoms. The van der Waals surface area contributed by atoms with Crippen molar-refractivity contribution in [3.63, 3.8) is 0 Å². The molecular weight excluding hydrogens is 381 g/mol. The average Bonchev–Trinajstić information content (AvgIpc) is 3.25. The van der Waals surface area contributed by atoms with Crippen LogP contribution in [0.5, 0.6) is 5.75 Å². The van der Waals surface area contributed by atoms with Crippen molar-refractivity contribution in [1.29, 1.82) is 0 Å². The molecule has 0 spiro atoms. The summed E-state index contributed by atoms with van der Waals surface area (Å²) in [4.78, 5) is 27.3. The van der Waals surface area contributed by atoms with Crippen molar-refractivity contribution in [3.05, 3.63) is 59.4 Å². The third-order valence-corrected chi connectivity index (χ3v) is 5.56. The molecule has 0 aliphatic carbocycles. The highest BCUT2D eigenvalue weighted by molar-refractivity contribution is 8.00. The van der Waals surface area contributed by atoms with E-state index >= 15 is 0 Å². The Labute approximate surface area is 167 Å². The van der Waals surface area contributed by atoms with Gasteiger partial charge < -0.3 is 14.4 Å². The maximum absolute atomic E-state index is 13.8. The molecule has 2 aromatic carbocycles. The predicted octanol–water partition coefficient (Wildman–Crippen LogP) is 3.91. The van der Waals surface area contributed by atoms with Crippen LogP contribution in [0, 0.1) is 5.82 Å². The molecule has 0 radical (unpaired) electrons. The Bertz CT molecular complexity index is 852. The summed E-state index contributed by atoms with van der Waals surface area (Å²) < 4.78 is 24.0. The number of halogens is 1. The maximum atomic E-state index is 13.8. The van der Waals surface area contributed by atoms with Gasteiger partial charge in [0, 0.05) is 18.0 Å². The molecule has 0 unspecified atom stereocenters. The second-order valence-electron chi connectivity index (χ2n) is 6.42. The van der Waals surface area contributed by atoms with Crippen molar-refractivity contribution >= 4 is 23.6 Å². The molecule has 1 heterocycles. The van der Waals surface area contributed by atoms with Gasteiger partial charge in [-0.3, -0.25) is 4.79 Å². The van der Waals surface area contributed by atoms with Crippen molar-refractivity contribution in [2.24, 2.45) is 0 Å². The van der Waals surface area contributed by atoms with Crippen LogP contribution in [0.3, 0.4) is 0 Å². The van der Waals surface area contributed by atoms with Crippen molar-refractivity contribution < 1.29 is 23.5 Å². The molecule has 2 aromatic rings. The van der Waals surface area contributed by atoms with Gasteiger partial charge in [0.15, 0.2) is 11.6 Å². The first-order valence-electron chi connectivity index (χ1n) is 9.07. The summed E-state index contributed by atoms with van der Waals surface area (Å²) in [6, 6.07) is 11.4. The van der Waals surface area contributed by atoms with E-state index in [4.69, 9.17) is 9.47 Å². The Morgan fingerprint density at radius 2 is 1.89 bits per heavy atom. The van der Waals surface area contributed by atoms with Crippen molar-refractivity contribution in [1.82, 2.24) is 4.90 Å². The predicted molar refractivity (Wildman–Crippen MR) is 105 cm³/mol. The van der Waals surface area contributed by atoms with Crippen LogP contribution >= 0.6 is 11.8 Å². The summed E-state index contributed by atoms with van der Waals surface area (Å²) in [6.45, 7) is 1.56. The van der Waals surface area contributed by atoms with Crippen LogP contribution < -0.4 is 4.74 Å². The standard InChI is InChI=1S/C21H22FNO4S/c1-26-18-9-8-15(12-17(18)22)13-27-21(25)16-6-2-3-7-19(16)28-14-20(24)23-10-4-5-11-23/h2-3,6-9,12H,4-5,10-11,13-14H2,1H3. The molecule has 0 atom stereocenters. The Kier molecular flexibility index (Phi) is 6.92. The molecule has 0 saturated carbocycles. The van der Waals surface area contributed by atoms with Gasteiger partial charge >= 0.3 is 5.97 Å². The molecule has 1 aliphatic rings. The van der Waals surface area contributed by atoms with Gasteiger partial charge in [0.2, 0.25) is 5.91 Å². The first kappa shape index (κ1) is 20.2. The van der Waals surface area contributed by atoms with E-state index < -0.39 is 11.8 Å². The third kappa shape index (κ3) is 5.04. The van der Waals surface area contributed by atoms with E-state index in [0.717, 1.165) is 25.9 Å². The molecule has 0 aromatic heterocycles. The smallest absolute Gasteiger partial charge is 0.339 e. The van der Waals surface area contributed by atoms with Crippen LogP contribution in [0.4, 0.5) is 4.39 Å². The molecule has 1 aliphatic heterocycles. The molecule has 148 valence electrons. The van der Waals surface area contributed by atoms with Crippen LogP contribution in [0.1, 0.15) is 28.8 Å². The van der Waals surface area contributed by atoms with E-state index in [1.807, 2.05) is 11.0 Å². The van der Waals surface area contributed by atoms with E-state index in [9.17, 15) is 14.0 Å². The summed E-state index contributed by atoms with van der Waals surface area (Å²) >= 11 is 1.33. The molecule has 0 bridgehead atoms. The molecular formula is C21H22FNO4S. The lowest BCUT2D eigenvalue weighted by molar-refractivity contribution is -0.127. The van der Waals surface area contributed by atoms with Crippen LogP contribution in [0.2, 0.25) is 0 Å². The fourth-order valence-corrected chi connectivity index (χ4v) is 3.93. The summed E-state index contributed by atoms with van der Waals surface area (Å²) in [5, 5.41) is 0. The highest BCUT2D eigenvalue weighted by Crippen LogP contribution is 2.25. The number of hydrogen-bond donors (Lipinski definition) is 0. The monoisotopic (exact) mass is 403 g/mol. The second kappa shape index (κ2) is 9.59. The maximum Gasteiger partial charge on any atom is 0.339 e. The van der Waals surface area contributed by atoms with E-state index in [2.05, 4.69) is 0 Å². The zero-order valence-corrected chi connectivity index (χ0v) is 16.5. The summed E-state index contributed by atoms with van der Waals surface area (Å²) in [5.41, 5.74) is 0.928. The second-order valence-corrected chi connectivity index (χ2v) is 7.43. The van der Waals surface area contributed by atoms with Gasteiger partial charge in [-0.1, -0.05) is 18.2 Å². The lowest BCUT2D eigenvalue weighted by Gasteiger charge is -2.15. The average molecular weight is 403 g/mol. The van der Waals surface area contributed by atoms with Gasteiger partial charge in [0.25, 0.3) is 0 Å².